The average molecular weight is 602 g/mol. The number of anilines is 4. The first-order chi connectivity index (χ1) is 19.4. The van der Waals surface area contributed by atoms with E-state index in [-0.39, 0.29) is 22.0 Å². The van der Waals surface area contributed by atoms with E-state index in [4.69, 9.17) is 16.3 Å². The third-order valence-electron chi connectivity index (χ3n) is 7.98. The molecule has 3 aromatic rings. The van der Waals surface area contributed by atoms with Crippen molar-refractivity contribution in [1.82, 2.24) is 24.6 Å². The van der Waals surface area contributed by atoms with Crippen molar-refractivity contribution in [3.8, 4) is 5.75 Å². The Morgan fingerprint density at radius 2 is 1.78 bits per heavy atom. The molecule has 0 bridgehead atoms. The lowest BCUT2D eigenvalue weighted by Crippen LogP contribution is -2.31. The third-order valence-corrected chi connectivity index (χ3v) is 10.3. The maximum Gasteiger partial charge on any atom is 0.229 e. The van der Waals surface area contributed by atoms with Crippen LogP contribution in [0.15, 0.2) is 29.6 Å². The van der Waals surface area contributed by atoms with Crippen LogP contribution in [0.5, 0.6) is 5.75 Å². The number of rotatable bonds is 10. The van der Waals surface area contributed by atoms with Gasteiger partial charge in [-0.05, 0) is 103 Å². The highest BCUT2D eigenvalue weighted by Gasteiger charge is 2.29. The van der Waals surface area contributed by atoms with Crippen LogP contribution in [-0.2, 0) is 16.9 Å². The molecular weight excluding hydrogens is 562 g/mol. The highest BCUT2D eigenvalue weighted by molar-refractivity contribution is 7.92. The van der Waals surface area contributed by atoms with Gasteiger partial charge in [0.25, 0.3) is 0 Å². The summed E-state index contributed by atoms with van der Waals surface area (Å²) in [6, 6.07) is 4.96. The summed E-state index contributed by atoms with van der Waals surface area (Å²) in [5, 5.41) is 10.1. The normalized spacial score (nSPS) is 19.5. The van der Waals surface area contributed by atoms with Gasteiger partial charge in [-0.25, -0.2) is 13.4 Å². The molecule has 2 aromatic heterocycles. The van der Waals surface area contributed by atoms with Gasteiger partial charge in [0.2, 0.25) is 20.8 Å². The van der Waals surface area contributed by atoms with Crippen molar-refractivity contribution in [3.63, 3.8) is 0 Å². The van der Waals surface area contributed by atoms with Crippen molar-refractivity contribution in [3.05, 3.63) is 40.7 Å². The maximum atomic E-state index is 12.9. The molecule has 0 radical (unpaired) electrons. The predicted octanol–water partition coefficient (Wildman–Crippen LogP) is 5.97. The molecule has 2 N–H and O–H groups in total. The summed E-state index contributed by atoms with van der Waals surface area (Å²) in [4.78, 5) is 11.3. The quantitative estimate of drug-likeness (QED) is 0.290. The number of nitrogens with zero attached hydrogens (tertiary/aromatic N) is 5. The summed E-state index contributed by atoms with van der Waals surface area (Å²) in [7, 11) is 2.37. The van der Waals surface area contributed by atoms with E-state index < -0.39 is 15.1 Å². The number of aromatic nitrogens is 4. The Morgan fingerprint density at radius 1 is 1.07 bits per heavy atom. The van der Waals surface area contributed by atoms with E-state index in [1.807, 2.05) is 0 Å². The van der Waals surface area contributed by atoms with Crippen molar-refractivity contribution in [2.24, 2.45) is 7.05 Å². The van der Waals surface area contributed by atoms with Crippen LogP contribution in [0.25, 0.3) is 0 Å². The van der Waals surface area contributed by atoms with Crippen LogP contribution >= 0.6 is 11.6 Å². The largest absolute Gasteiger partial charge is 0.488 e. The second kappa shape index (κ2) is 11.8. The average Bonchev–Trinajstić information content (AvgIpc) is 3.66. The Balaban J connectivity index is 1.41. The Morgan fingerprint density at radius 3 is 2.41 bits per heavy atom. The van der Waals surface area contributed by atoms with Crippen LogP contribution in [0, 0.1) is 6.92 Å². The monoisotopic (exact) mass is 601 g/mol. The molecule has 0 unspecified atom stereocenters. The second-order valence-corrected chi connectivity index (χ2v) is 14.6. The van der Waals surface area contributed by atoms with Gasteiger partial charge in [-0.2, -0.15) is 10.1 Å². The first-order valence-corrected chi connectivity index (χ1v) is 16.2. The van der Waals surface area contributed by atoms with Gasteiger partial charge in [-0.3, -0.25) is 4.68 Å². The van der Waals surface area contributed by atoms with Gasteiger partial charge in [0, 0.05) is 19.3 Å². The van der Waals surface area contributed by atoms with E-state index >= 15 is 0 Å². The van der Waals surface area contributed by atoms with Crippen LogP contribution in [0.2, 0.25) is 5.02 Å². The lowest BCUT2D eigenvalue weighted by Gasteiger charge is -2.33. The van der Waals surface area contributed by atoms with Gasteiger partial charge in [-0.15, -0.1) is 0 Å². The number of halogens is 1. The lowest BCUT2D eigenvalue weighted by atomic mass is 9.80. The van der Waals surface area contributed by atoms with Crippen molar-refractivity contribution in [1.29, 1.82) is 0 Å². The van der Waals surface area contributed by atoms with Crippen LogP contribution in [0.3, 0.4) is 0 Å². The fourth-order valence-electron chi connectivity index (χ4n) is 5.36. The molecule has 2 aliphatic carbocycles. The summed E-state index contributed by atoms with van der Waals surface area (Å²) >= 11 is 6.44. The van der Waals surface area contributed by atoms with E-state index in [2.05, 4.69) is 63.8 Å². The van der Waals surface area contributed by atoms with E-state index in [0.29, 0.717) is 23.6 Å². The SMILES string of the molecule is Cc1cc(Nc2ncc(Cl)c(Nc3cn(C)nc3S(=O)(=O)C(C)C)n2)c(OC2CC2)cc1C1CCC(N(C)C)CC1. The molecule has 2 aliphatic rings. The van der Waals surface area contributed by atoms with Crippen molar-refractivity contribution < 1.29 is 13.2 Å². The number of hydrogen-bond donors (Lipinski definition) is 2. The second-order valence-electron chi connectivity index (χ2n) is 11.7. The summed E-state index contributed by atoms with van der Waals surface area (Å²) in [6.45, 7) is 5.39. The predicted molar refractivity (Wildman–Crippen MR) is 163 cm³/mol. The highest BCUT2D eigenvalue weighted by Crippen LogP contribution is 2.42. The van der Waals surface area contributed by atoms with Gasteiger partial charge in [-0.1, -0.05) is 11.6 Å². The highest BCUT2D eigenvalue weighted by atomic mass is 35.5. The number of ether oxygens (including phenoxy) is 1. The fourth-order valence-corrected chi connectivity index (χ4v) is 6.60. The van der Waals surface area contributed by atoms with E-state index in [0.717, 1.165) is 37.1 Å². The van der Waals surface area contributed by atoms with Crippen LogP contribution < -0.4 is 15.4 Å². The first kappa shape index (κ1) is 29.6. The maximum absolute atomic E-state index is 12.9. The summed E-state index contributed by atoms with van der Waals surface area (Å²) in [5.74, 6) is 1.90. The van der Waals surface area contributed by atoms with E-state index in [1.165, 1.54) is 34.8 Å². The van der Waals surface area contributed by atoms with Gasteiger partial charge in [0.05, 0.1) is 28.9 Å². The molecule has 12 heteroatoms. The molecule has 0 spiro atoms. The molecular formula is C29H40ClN7O3S. The Bertz CT molecular complexity index is 1510. The standard InChI is InChI=1S/C29H40ClN7O3S/c1-17(2)41(38,39)28-25(16-37(6)35-28)32-27-23(30)15-31-29(34-27)33-24-13-18(3)22(14-26(24)40-21-11-12-21)19-7-9-20(10-8-19)36(4)5/h13-17,19-21H,7-12H2,1-6H3,(H2,31,32,33,34). The zero-order valence-corrected chi connectivity index (χ0v) is 26.2. The number of aryl methyl sites for hydroxylation is 2. The minimum absolute atomic E-state index is 0.0508. The number of nitrogens with one attached hydrogen (secondary N) is 2. The molecule has 41 heavy (non-hydrogen) atoms. The molecule has 0 amide bonds. The van der Waals surface area contributed by atoms with Crippen LogP contribution in [-0.4, -0.2) is 64.6 Å². The Kier molecular flexibility index (Phi) is 8.50. The molecule has 2 fully saturated rings. The van der Waals surface area contributed by atoms with Gasteiger partial charge >= 0.3 is 0 Å². The zero-order valence-electron chi connectivity index (χ0n) is 24.6. The Hall–Kier alpha value is -2.89. The van der Waals surface area contributed by atoms with Gasteiger partial charge < -0.3 is 20.3 Å². The molecule has 2 saturated carbocycles. The molecule has 0 atom stereocenters. The first-order valence-electron chi connectivity index (χ1n) is 14.2. The summed E-state index contributed by atoms with van der Waals surface area (Å²) in [6.07, 6.45) is 10.1. The van der Waals surface area contributed by atoms with Crippen molar-refractivity contribution >= 4 is 44.6 Å². The van der Waals surface area contributed by atoms with Gasteiger partial charge in [0.15, 0.2) is 5.82 Å². The van der Waals surface area contributed by atoms with E-state index in [9.17, 15) is 8.42 Å². The minimum Gasteiger partial charge on any atom is -0.488 e. The molecule has 2 heterocycles. The number of benzene rings is 1. The molecule has 10 nitrogen and oxygen atoms in total. The van der Waals surface area contributed by atoms with Gasteiger partial charge in [0.1, 0.15) is 10.8 Å². The summed E-state index contributed by atoms with van der Waals surface area (Å²) < 4.78 is 33.6. The van der Waals surface area contributed by atoms with E-state index in [1.54, 1.807) is 27.1 Å². The van der Waals surface area contributed by atoms with Crippen LogP contribution in [0.1, 0.15) is 69.4 Å². The minimum atomic E-state index is -3.63. The molecule has 0 saturated heterocycles. The number of hydrogen-bond acceptors (Lipinski definition) is 9. The van der Waals surface area contributed by atoms with Crippen molar-refractivity contribution in [2.45, 2.75) is 87.6 Å². The topological polar surface area (TPSA) is 114 Å². The fraction of sp³-hybridized carbons (Fsp3) is 0.552. The third kappa shape index (κ3) is 6.62. The lowest BCUT2D eigenvalue weighted by molar-refractivity contribution is 0.216. The smallest absolute Gasteiger partial charge is 0.229 e. The molecule has 5 rings (SSSR count). The van der Waals surface area contributed by atoms with Crippen LogP contribution in [0.4, 0.5) is 23.1 Å². The Labute approximate surface area is 247 Å². The molecule has 0 aliphatic heterocycles. The molecule has 222 valence electrons. The van der Waals surface area contributed by atoms with Crippen molar-refractivity contribution in [2.75, 3.05) is 24.7 Å². The summed E-state index contributed by atoms with van der Waals surface area (Å²) in [5.41, 5.74) is 3.64. The number of sulfone groups is 1. The molecule has 1 aromatic carbocycles. The zero-order chi connectivity index (χ0) is 29.5.